The molecule has 2 aliphatic carbocycles. The highest BCUT2D eigenvalue weighted by Gasteiger charge is 2.33. The van der Waals surface area contributed by atoms with E-state index in [1.165, 1.54) is 12.1 Å². The van der Waals surface area contributed by atoms with Crippen molar-refractivity contribution in [3.8, 4) is 22.4 Å². The number of aromatic amines is 1. The van der Waals surface area contributed by atoms with Crippen molar-refractivity contribution in [2.45, 2.75) is 88.4 Å². The monoisotopic (exact) mass is 792 g/mol. The lowest BCUT2D eigenvalue weighted by molar-refractivity contribution is -0.133. The maximum atomic E-state index is 15.2. The van der Waals surface area contributed by atoms with E-state index in [1.54, 1.807) is 54.7 Å². The molecule has 0 bridgehead atoms. The van der Waals surface area contributed by atoms with Gasteiger partial charge in [0, 0.05) is 79.7 Å². The van der Waals surface area contributed by atoms with Gasteiger partial charge in [0.25, 0.3) is 5.56 Å². The van der Waals surface area contributed by atoms with Gasteiger partial charge < -0.3 is 25.8 Å². The Morgan fingerprint density at radius 2 is 1.50 bits per heavy atom. The summed E-state index contributed by atoms with van der Waals surface area (Å²) in [5, 5.41) is 12.2. The summed E-state index contributed by atoms with van der Waals surface area (Å²) in [6, 6.07) is 18.8. The molecule has 1 atom stereocenters. The number of nitrogens with zero attached hydrogens (tertiary/aromatic N) is 3. The van der Waals surface area contributed by atoms with Crippen molar-refractivity contribution in [2.24, 2.45) is 5.92 Å². The van der Waals surface area contributed by atoms with E-state index >= 15 is 8.78 Å². The highest BCUT2D eigenvalue weighted by molar-refractivity contribution is 6.01. The number of carbonyl (C=O) groups excluding carboxylic acids is 3. The second-order valence-corrected chi connectivity index (χ2v) is 16.1. The second-order valence-electron chi connectivity index (χ2n) is 16.1. The third-order valence-electron chi connectivity index (χ3n) is 12.3. The van der Waals surface area contributed by atoms with Gasteiger partial charge in [0.15, 0.2) is 0 Å². The van der Waals surface area contributed by atoms with Crippen LogP contribution >= 0.6 is 0 Å². The van der Waals surface area contributed by atoms with Crippen LogP contribution in [0.4, 0.5) is 26.0 Å². The zero-order valence-electron chi connectivity index (χ0n) is 32.4. The lowest BCUT2D eigenvalue weighted by atomic mass is 9.83. The maximum absolute atomic E-state index is 15.2. The van der Waals surface area contributed by atoms with Gasteiger partial charge in [0.05, 0.1) is 5.69 Å². The van der Waals surface area contributed by atoms with Gasteiger partial charge in [-0.25, -0.2) is 13.8 Å². The van der Waals surface area contributed by atoms with Crippen LogP contribution in [0.5, 0.6) is 0 Å². The Kier molecular flexibility index (Phi) is 11.8. The number of rotatable bonds is 10. The Morgan fingerprint density at radius 3 is 2.24 bits per heavy atom. The first kappa shape index (κ1) is 39.2. The minimum Gasteiger partial charge on any atom is -0.374 e. The zero-order valence-corrected chi connectivity index (χ0v) is 32.4. The fourth-order valence-corrected chi connectivity index (χ4v) is 9.03. The van der Waals surface area contributed by atoms with E-state index in [0.29, 0.717) is 59.4 Å². The van der Waals surface area contributed by atoms with Gasteiger partial charge in [-0.3, -0.25) is 29.4 Å². The second kappa shape index (κ2) is 17.5. The van der Waals surface area contributed by atoms with E-state index in [-0.39, 0.29) is 59.2 Å². The first-order valence-corrected chi connectivity index (χ1v) is 20.6. The number of piperazine rings is 1. The third-order valence-corrected chi connectivity index (χ3v) is 12.3. The molecule has 14 heteroatoms. The summed E-state index contributed by atoms with van der Waals surface area (Å²) in [7, 11) is 0. The molecule has 2 aromatic carbocycles. The Labute approximate surface area is 336 Å². The summed E-state index contributed by atoms with van der Waals surface area (Å²) >= 11 is 0. The number of amides is 3. The van der Waals surface area contributed by atoms with Crippen LogP contribution < -0.4 is 31.7 Å². The molecule has 4 heterocycles. The molecule has 304 valence electrons. The number of halogens is 2. The minimum absolute atomic E-state index is 0.00960. The van der Waals surface area contributed by atoms with Crippen LogP contribution in [0.25, 0.3) is 22.4 Å². The molecule has 2 saturated heterocycles. The van der Waals surface area contributed by atoms with Crippen molar-refractivity contribution in [3.63, 3.8) is 0 Å². The number of benzene rings is 2. The van der Waals surface area contributed by atoms with Gasteiger partial charge in [-0.1, -0.05) is 18.2 Å². The molecular formula is C44H50F2N8O4. The first-order valence-electron chi connectivity index (χ1n) is 20.6. The summed E-state index contributed by atoms with van der Waals surface area (Å²) < 4.78 is 30.2. The van der Waals surface area contributed by atoms with Crippen LogP contribution in [-0.2, 0) is 14.4 Å². The van der Waals surface area contributed by atoms with Crippen LogP contribution in [0.2, 0.25) is 0 Å². The van der Waals surface area contributed by atoms with Gasteiger partial charge >= 0.3 is 0 Å². The third kappa shape index (κ3) is 9.07. The molecule has 4 aliphatic rings. The number of nitrogens with one attached hydrogen (secondary N) is 5. The fraction of sp³-hybridized carbons (Fsp3) is 0.432. The molecule has 5 N–H and O–H groups in total. The molecule has 4 aromatic rings. The van der Waals surface area contributed by atoms with E-state index in [9.17, 15) is 19.2 Å². The molecule has 1 unspecified atom stereocenters. The van der Waals surface area contributed by atoms with Crippen LogP contribution in [0, 0.1) is 17.6 Å². The highest BCUT2D eigenvalue weighted by Crippen LogP contribution is 2.32. The molecule has 8 rings (SSSR count). The van der Waals surface area contributed by atoms with Gasteiger partial charge in [-0.15, -0.1) is 0 Å². The standard InChI is InChI=1S/C44H50F2N8O4/c45-35-15-18-39(51-41(35)29-4-1-3-28(25-29)34-5-2-20-47-43(34)57)49-30-8-10-31(11-9-30)50-42(56)27-6-13-33(14-7-27)53-21-23-54(24-22-53)38-17-12-32(26-36(38)46)48-37-16-19-40(55)52-44(37)58/h1-5,12,15,17-18,20,25-27,30-31,33,37,48H,6-11,13-14,16,19,21-24H2,(H,47,57)(H,49,51)(H,50,56)(H,52,55,58). The summed E-state index contributed by atoms with van der Waals surface area (Å²) in [6.07, 6.45) is 9.27. The zero-order chi connectivity index (χ0) is 40.2. The van der Waals surface area contributed by atoms with E-state index < -0.39 is 11.9 Å². The van der Waals surface area contributed by atoms with Crippen LogP contribution in [0.1, 0.15) is 64.2 Å². The number of pyridine rings is 2. The Bertz CT molecular complexity index is 2190. The lowest BCUT2D eigenvalue weighted by Crippen LogP contribution is -2.52. The number of aromatic nitrogens is 2. The van der Waals surface area contributed by atoms with Crippen molar-refractivity contribution < 1.29 is 23.2 Å². The quantitative estimate of drug-likeness (QED) is 0.125. The van der Waals surface area contributed by atoms with E-state index in [1.807, 2.05) is 6.07 Å². The molecule has 2 aliphatic heterocycles. The Hall–Kier alpha value is -5.63. The SMILES string of the molecule is O=C1CCC(Nc2ccc(N3CCN(C4CCC(C(=O)NC5CCC(Nc6ccc(F)c(-c7cccc(-c8ccc[nH]c8=O)c7)n6)CC5)CC4)CC3)c(F)c2)C(=O)N1. The minimum atomic E-state index is -0.563. The fourth-order valence-electron chi connectivity index (χ4n) is 9.03. The van der Waals surface area contributed by atoms with Crippen molar-refractivity contribution in [1.29, 1.82) is 0 Å². The van der Waals surface area contributed by atoms with E-state index in [0.717, 1.165) is 64.5 Å². The number of piperidine rings is 1. The van der Waals surface area contributed by atoms with Crippen molar-refractivity contribution in [3.05, 3.63) is 94.9 Å². The number of hydrogen-bond acceptors (Lipinski definition) is 9. The molecule has 0 radical (unpaired) electrons. The molecule has 2 aromatic heterocycles. The van der Waals surface area contributed by atoms with Gasteiger partial charge in [0.2, 0.25) is 17.7 Å². The van der Waals surface area contributed by atoms with Crippen molar-refractivity contribution in [1.82, 2.24) is 25.5 Å². The number of H-pyrrole nitrogens is 1. The van der Waals surface area contributed by atoms with Crippen molar-refractivity contribution in [2.75, 3.05) is 41.7 Å². The topological polar surface area (TPSA) is 152 Å². The lowest BCUT2D eigenvalue weighted by Gasteiger charge is -2.42. The predicted octanol–water partition coefficient (Wildman–Crippen LogP) is 5.82. The summed E-state index contributed by atoms with van der Waals surface area (Å²) in [6.45, 7) is 3.07. The Morgan fingerprint density at radius 1 is 0.741 bits per heavy atom. The number of carbonyl (C=O) groups is 3. The molecule has 3 amide bonds. The van der Waals surface area contributed by atoms with Gasteiger partial charge in [-0.05, 0) is 112 Å². The van der Waals surface area contributed by atoms with Crippen molar-refractivity contribution >= 4 is 34.9 Å². The van der Waals surface area contributed by atoms with Crippen LogP contribution in [-0.4, -0.2) is 82.9 Å². The largest absolute Gasteiger partial charge is 0.374 e. The van der Waals surface area contributed by atoms with Crippen LogP contribution in [0.15, 0.2) is 77.7 Å². The van der Waals surface area contributed by atoms with E-state index in [2.05, 4.69) is 41.0 Å². The number of hydrogen-bond donors (Lipinski definition) is 5. The molecular weight excluding hydrogens is 743 g/mol. The predicted molar refractivity (Wildman–Crippen MR) is 219 cm³/mol. The summed E-state index contributed by atoms with van der Waals surface area (Å²) in [5.41, 5.74) is 2.84. The molecule has 12 nitrogen and oxygen atoms in total. The first-order chi connectivity index (χ1) is 28.2. The maximum Gasteiger partial charge on any atom is 0.255 e. The average Bonchev–Trinajstić information content (AvgIpc) is 3.24. The number of anilines is 3. The molecule has 58 heavy (non-hydrogen) atoms. The smallest absolute Gasteiger partial charge is 0.255 e. The highest BCUT2D eigenvalue weighted by atomic mass is 19.1. The average molecular weight is 793 g/mol. The molecule has 4 fully saturated rings. The Balaban J connectivity index is 0.760. The number of imide groups is 1. The molecule has 2 saturated carbocycles. The van der Waals surface area contributed by atoms with Gasteiger partial charge in [-0.2, -0.15) is 0 Å². The molecule has 0 spiro atoms. The van der Waals surface area contributed by atoms with Gasteiger partial charge in [0.1, 0.15) is 29.2 Å². The summed E-state index contributed by atoms with van der Waals surface area (Å²) in [5.74, 6) is -0.708. The normalized spacial score (nSPS) is 24.2. The summed E-state index contributed by atoms with van der Waals surface area (Å²) in [4.78, 5) is 61.1. The van der Waals surface area contributed by atoms with Crippen LogP contribution in [0.3, 0.4) is 0 Å². The van der Waals surface area contributed by atoms with E-state index in [4.69, 9.17) is 0 Å².